The van der Waals surface area contributed by atoms with Gasteiger partial charge in [0, 0.05) is 0 Å². The van der Waals surface area contributed by atoms with E-state index in [-0.39, 0.29) is 0 Å². The zero-order valence-electron chi connectivity index (χ0n) is 14.4. The molecule has 2 aromatic rings. The molecular formula is C22H26ClO. The SMILES string of the molecule is CCCCOc1ccc(-c2ccc(C3CC[CH]CC3)cc2)cc1Cl. The highest BCUT2D eigenvalue weighted by Crippen LogP contribution is 2.34. The predicted molar refractivity (Wildman–Crippen MR) is 103 cm³/mol. The molecule has 0 unspecified atom stereocenters. The van der Waals surface area contributed by atoms with E-state index in [2.05, 4.69) is 43.7 Å². The molecule has 1 saturated carbocycles. The minimum atomic E-state index is 0.690. The Morgan fingerprint density at radius 1 is 1.00 bits per heavy atom. The molecule has 1 aliphatic carbocycles. The minimum absolute atomic E-state index is 0.690. The topological polar surface area (TPSA) is 9.23 Å². The van der Waals surface area contributed by atoms with E-state index in [0.29, 0.717) is 5.02 Å². The monoisotopic (exact) mass is 341 g/mol. The maximum atomic E-state index is 6.38. The van der Waals surface area contributed by atoms with Crippen LogP contribution in [-0.4, -0.2) is 6.61 Å². The lowest BCUT2D eigenvalue weighted by atomic mass is 9.84. The molecule has 1 nitrogen and oxygen atoms in total. The summed E-state index contributed by atoms with van der Waals surface area (Å²) in [4.78, 5) is 0. The van der Waals surface area contributed by atoms with Crippen molar-refractivity contribution in [2.24, 2.45) is 0 Å². The van der Waals surface area contributed by atoms with Crippen LogP contribution in [-0.2, 0) is 0 Å². The summed E-state index contributed by atoms with van der Waals surface area (Å²) >= 11 is 6.38. The molecule has 0 saturated heterocycles. The van der Waals surface area contributed by atoms with Crippen LogP contribution in [0.1, 0.15) is 56.9 Å². The molecule has 0 heterocycles. The van der Waals surface area contributed by atoms with Crippen molar-refractivity contribution >= 4 is 11.6 Å². The first-order valence-electron chi connectivity index (χ1n) is 9.12. The molecule has 3 rings (SSSR count). The third kappa shape index (κ3) is 4.33. The quantitative estimate of drug-likeness (QED) is 0.511. The lowest BCUT2D eigenvalue weighted by Gasteiger charge is -2.22. The number of benzene rings is 2. The van der Waals surface area contributed by atoms with Gasteiger partial charge in [0.1, 0.15) is 5.75 Å². The van der Waals surface area contributed by atoms with E-state index in [9.17, 15) is 0 Å². The van der Waals surface area contributed by atoms with Crippen LogP contribution in [0.5, 0.6) is 5.75 Å². The summed E-state index contributed by atoms with van der Waals surface area (Å²) in [5, 5.41) is 0.690. The molecule has 0 N–H and O–H groups in total. The van der Waals surface area contributed by atoms with Gasteiger partial charge < -0.3 is 4.74 Å². The number of hydrogen-bond acceptors (Lipinski definition) is 1. The average molecular weight is 342 g/mol. The second-order valence-electron chi connectivity index (χ2n) is 6.61. The summed E-state index contributed by atoms with van der Waals surface area (Å²) in [5.74, 6) is 1.51. The zero-order valence-corrected chi connectivity index (χ0v) is 15.2. The van der Waals surface area contributed by atoms with Crippen molar-refractivity contribution in [2.75, 3.05) is 6.61 Å². The summed E-state index contributed by atoms with van der Waals surface area (Å²) in [5.41, 5.74) is 3.83. The van der Waals surface area contributed by atoms with Crippen LogP contribution in [0.4, 0.5) is 0 Å². The Balaban J connectivity index is 1.70. The van der Waals surface area contributed by atoms with Gasteiger partial charge in [0.2, 0.25) is 0 Å². The summed E-state index contributed by atoms with van der Waals surface area (Å²) < 4.78 is 5.73. The molecule has 0 aliphatic heterocycles. The molecular weight excluding hydrogens is 316 g/mol. The highest BCUT2D eigenvalue weighted by atomic mass is 35.5. The normalized spacial score (nSPS) is 15.4. The fraction of sp³-hybridized carbons (Fsp3) is 0.409. The van der Waals surface area contributed by atoms with Gasteiger partial charge >= 0.3 is 0 Å². The van der Waals surface area contributed by atoms with Crippen molar-refractivity contribution in [1.29, 1.82) is 0 Å². The van der Waals surface area contributed by atoms with Gasteiger partial charge in [-0.15, -0.1) is 0 Å². The first-order valence-corrected chi connectivity index (χ1v) is 9.50. The van der Waals surface area contributed by atoms with Gasteiger partial charge in [0.15, 0.2) is 0 Å². The highest BCUT2D eigenvalue weighted by Gasteiger charge is 2.15. The first kappa shape index (κ1) is 17.4. The molecule has 0 amide bonds. The van der Waals surface area contributed by atoms with Gasteiger partial charge in [-0.2, -0.15) is 0 Å². The fourth-order valence-electron chi connectivity index (χ4n) is 3.33. The van der Waals surface area contributed by atoms with Crippen LogP contribution in [0.3, 0.4) is 0 Å². The molecule has 0 spiro atoms. The Morgan fingerprint density at radius 3 is 2.38 bits per heavy atom. The summed E-state index contributed by atoms with van der Waals surface area (Å²) in [6, 6.07) is 15.1. The van der Waals surface area contributed by atoms with E-state index in [1.54, 1.807) is 0 Å². The number of ether oxygens (including phenoxy) is 1. The minimum Gasteiger partial charge on any atom is -0.492 e. The Morgan fingerprint density at radius 2 is 1.71 bits per heavy atom. The zero-order chi connectivity index (χ0) is 16.8. The maximum absolute atomic E-state index is 6.38. The van der Waals surface area contributed by atoms with Crippen molar-refractivity contribution in [3.8, 4) is 16.9 Å². The Kier molecular flexibility index (Phi) is 6.20. The van der Waals surface area contributed by atoms with Crippen molar-refractivity contribution in [3.63, 3.8) is 0 Å². The van der Waals surface area contributed by atoms with Crippen molar-refractivity contribution in [3.05, 3.63) is 59.5 Å². The van der Waals surface area contributed by atoms with Crippen LogP contribution < -0.4 is 4.74 Å². The largest absolute Gasteiger partial charge is 0.492 e. The number of hydrogen-bond donors (Lipinski definition) is 0. The smallest absolute Gasteiger partial charge is 0.137 e. The number of rotatable bonds is 6. The van der Waals surface area contributed by atoms with Gasteiger partial charge in [0.25, 0.3) is 0 Å². The standard InChI is InChI=1S/C22H26ClO/c1-2-3-15-24-22-14-13-20(16-21(22)23)19-11-9-18(10-12-19)17-7-5-4-6-8-17/h4,9-14,16-17H,2-3,5-8,15H2,1H3. The van der Waals surface area contributed by atoms with E-state index >= 15 is 0 Å². The van der Waals surface area contributed by atoms with Crippen molar-refractivity contribution in [1.82, 2.24) is 0 Å². The summed E-state index contributed by atoms with van der Waals surface area (Å²) in [7, 11) is 0. The molecule has 0 atom stereocenters. The van der Waals surface area contributed by atoms with Crippen molar-refractivity contribution < 1.29 is 4.74 Å². The third-order valence-corrected chi connectivity index (χ3v) is 5.14. The summed E-state index contributed by atoms with van der Waals surface area (Å²) in [6.45, 7) is 2.88. The molecule has 2 aromatic carbocycles. The third-order valence-electron chi connectivity index (χ3n) is 4.84. The van der Waals surface area contributed by atoms with E-state index < -0.39 is 0 Å². The van der Waals surface area contributed by atoms with Crippen molar-refractivity contribution in [2.45, 2.75) is 51.4 Å². The van der Waals surface area contributed by atoms with E-state index in [0.717, 1.165) is 36.7 Å². The van der Waals surface area contributed by atoms with Crippen LogP contribution in [0, 0.1) is 6.42 Å². The van der Waals surface area contributed by atoms with Crippen LogP contribution in [0.15, 0.2) is 42.5 Å². The molecule has 1 fully saturated rings. The predicted octanol–water partition coefficient (Wildman–Crippen LogP) is 7.05. The van der Waals surface area contributed by atoms with Crippen LogP contribution >= 0.6 is 11.6 Å². The number of halogens is 1. The van der Waals surface area contributed by atoms with Gasteiger partial charge in [-0.3, -0.25) is 0 Å². The maximum Gasteiger partial charge on any atom is 0.137 e. The summed E-state index contributed by atoms with van der Waals surface area (Å²) in [6.07, 6.45) is 9.67. The molecule has 0 bridgehead atoms. The molecule has 2 heteroatoms. The molecule has 24 heavy (non-hydrogen) atoms. The first-order chi connectivity index (χ1) is 11.8. The lowest BCUT2D eigenvalue weighted by molar-refractivity contribution is 0.309. The van der Waals surface area contributed by atoms with E-state index in [4.69, 9.17) is 16.3 Å². The van der Waals surface area contributed by atoms with Gasteiger partial charge in [-0.05, 0) is 73.3 Å². The Labute approximate surface area is 151 Å². The fourth-order valence-corrected chi connectivity index (χ4v) is 3.57. The molecule has 0 aromatic heterocycles. The second-order valence-corrected chi connectivity index (χ2v) is 7.02. The van der Waals surface area contributed by atoms with Crippen LogP contribution in [0.25, 0.3) is 11.1 Å². The van der Waals surface area contributed by atoms with Gasteiger partial charge in [-0.1, -0.05) is 55.3 Å². The highest BCUT2D eigenvalue weighted by molar-refractivity contribution is 6.32. The lowest BCUT2D eigenvalue weighted by Crippen LogP contribution is -2.04. The molecule has 1 radical (unpaired) electrons. The van der Waals surface area contributed by atoms with Crippen LogP contribution in [0.2, 0.25) is 5.02 Å². The molecule has 127 valence electrons. The Bertz CT molecular complexity index is 642. The average Bonchev–Trinajstić information content (AvgIpc) is 2.64. The van der Waals surface area contributed by atoms with E-state index in [1.165, 1.54) is 36.8 Å². The van der Waals surface area contributed by atoms with Gasteiger partial charge in [-0.25, -0.2) is 0 Å². The van der Waals surface area contributed by atoms with E-state index in [1.807, 2.05) is 12.1 Å². The molecule has 1 aliphatic rings. The van der Waals surface area contributed by atoms with Gasteiger partial charge in [0.05, 0.1) is 11.6 Å². The Hall–Kier alpha value is -1.47. The second kappa shape index (κ2) is 8.58. The number of unbranched alkanes of at least 4 members (excludes halogenated alkanes) is 1.